The van der Waals surface area contributed by atoms with Crippen LogP contribution in [0.3, 0.4) is 0 Å². The summed E-state index contributed by atoms with van der Waals surface area (Å²) in [5, 5.41) is 0. The molecular formula is C24H40O. The zero-order valence-corrected chi connectivity index (χ0v) is 16.8. The van der Waals surface area contributed by atoms with Gasteiger partial charge in [0, 0.05) is 0 Å². The summed E-state index contributed by atoms with van der Waals surface area (Å²) in [6, 6.07) is 8.16. The standard InChI is InChI=1S/C24H40O/c1-3-4-5-6-7-8-9-10-11-12-13-14-15-16-19-22-25-24-21-18-17-20-23(24)2/h17-22H,3-16H2,1-2H3. The van der Waals surface area contributed by atoms with Crippen LogP contribution in [0.2, 0.25) is 0 Å². The van der Waals surface area contributed by atoms with Crippen LogP contribution >= 0.6 is 0 Å². The van der Waals surface area contributed by atoms with Crippen LogP contribution in [0.25, 0.3) is 0 Å². The van der Waals surface area contributed by atoms with E-state index in [9.17, 15) is 0 Å². The summed E-state index contributed by atoms with van der Waals surface area (Å²) in [6.07, 6.45) is 23.5. The van der Waals surface area contributed by atoms with Gasteiger partial charge < -0.3 is 4.74 Å². The molecule has 0 bridgehead atoms. The molecule has 1 rings (SSSR count). The minimum absolute atomic E-state index is 0.962. The number of rotatable bonds is 16. The third-order valence-electron chi connectivity index (χ3n) is 4.86. The van der Waals surface area contributed by atoms with Crippen molar-refractivity contribution in [1.29, 1.82) is 0 Å². The molecule has 0 saturated heterocycles. The van der Waals surface area contributed by atoms with Crippen molar-refractivity contribution in [3.63, 3.8) is 0 Å². The minimum Gasteiger partial charge on any atom is -0.465 e. The monoisotopic (exact) mass is 344 g/mol. The average molecular weight is 345 g/mol. The summed E-state index contributed by atoms with van der Waals surface area (Å²) in [7, 11) is 0. The second kappa shape index (κ2) is 16.2. The maximum Gasteiger partial charge on any atom is 0.129 e. The van der Waals surface area contributed by atoms with Gasteiger partial charge in [0.25, 0.3) is 0 Å². The van der Waals surface area contributed by atoms with Crippen LogP contribution in [0.4, 0.5) is 0 Å². The lowest BCUT2D eigenvalue weighted by Gasteiger charge is -2.03. The van der Waals surface area contributed by atoms with Crippen molar-refractivity contribution in [2.75, 3.05) is 0 Å². The predicted molar refractivity (Wildman–Crippen MR) is 111 cm³/mol. The Morgan fingerprint density at radius 1 is 0.720 bits per heavy atom. The number of para-hydroxylation sites is 1. The molecule has 1 aromatic carbocycles. The largest absolute Gasteiger partial charge is 0.465 e. The number of benzene rings is 1. The highest BCUT2D eigenvalue weighted by Crippen LogP contribution is 2.16. The SMILES string of the molecule is CCCCCCCCCCCCCCCC=COc1ccccc1C. The summed E-state index contributed by atoms with van der Waals surface area (Å²) in [5.41, 5.74) is 1.19. The third-order valence-corrected chi connectivity index (χ3v) is 4.86. The maximum atomic E-state index is 5.67. The fourth-order valence-electron chi connectivity index (χ4n) is 3.16. The van der Waals surface area contributed by atoms with Crippen molar-refractivity contribution in [3.05, 3.63) is 42.2 Å². The Bertz CT molecular complexity index is 435. The first kappa shape index (κ1) is 21.8. The Hall–Kier alpha value is -1.24. The summed E-state index contributed by atoms with van der Waals surface area (Å²) < 4.78 is 5.67. The lowest BCUT2D eigenvalue weighted by molar-refractivity contribution is 0.473. The molecule has 0 amide bonds. The Kier molecular flexibility index (Phi) is 14.2. The third kappa shape index (κ3) is 12.7. The zero-order chi connectivity index (χ0) is 18.0. The van der Waals surface area contributed by atoms with Crippen LogP contribution < -0.4 is 4.74 Å². The van der Waals surface area contributed by atoms with Crippen LogP contribution in [0.5, 0.6) is 5.75 Å². The lowest BCUT2D eigenvalue weighted by atomic mass is 10.0. The number of hydrogen-bond donors (Lipinski definition) is 0. The number of ether oxygens (including phenoxy) is 1. The van der Waals surface area contributed by atoms with Crippen LogP contribution in [-0.4, -0.2) is 0 Å². The van der Waals surface area contributed by atoms with E-state index in [0.717, 1.165) is 12.2 Å². The van der Waals surface area contributed by atoms with Gasteiger partial charge >= 0.3 is 0 Å². The molecule has 0 fully saturated rings. The predicted octanol–water partition coefficient (Wildman–Crippen LogP) is 8.37. The van der Waals surface area contributed by atoms with Crippen molar-refractivity contribution in [2.45, 2.75) is 104 Å². The molecular weight excluding hydrogens is 304 g/mol. The summed E-state index contributed by atoms with van der Waals surface area (Å²) in [4.78, 5) is 0. The van der Waals surface area contributed by atoms with Gasteiger partial charge in [-0.1, -0.05) is 102 Å². The van der Waals surface area contributed by atoms with E-state index >= 15 is 0 Å². The first-order chi connectivity index (χ1) is 12.3. The van der Waals surface area contributed by atoms with E-state index in [4.69, 9.17) is 4.74 Å². The topological polar surface area (TPSA) is 9.23 Å². The molecule has 0 aliphatic rings. The molecule has 1 nitrogen and oxygen atoms in total. The highest BCUT2D eigenvalue weighted by Gasteiger charge is 1.95. The molecule has 0 spiro atoms. The van der Waals surface area contributed by atoms with Crippen molar-refractivity contribution in [2.24, 2.45) is 0 Å². The van der Waals surface area contributed by atoms with E-state index < -0.39 is 0 Å². The molecule has 0 saturated carbocycles. The van der Waals surface area contributed by atoms with Crippen LogP contribution in [0.15, 0.2) is 36.6 Å². The zero-order valence-electron chi connectivity index (χ0n) is 16.8. The van der Waals surface area contributed by atoms with Crippen LogP contribution in [0, 0.1) is 6.92 Å². The Labute approximate surface area is 156 Å². The fourth-order valence-corrected chi connectivity index (χ4v) is 3.16. The maximum absolute atomic E-state index is 5.67. The Morgan fingerprint density at radius 2 is 1.24 bits per heavy atom. The van der Waals surface area contributed by atoms with E-state index in [1.807, 2.05) is 24.5 Å². The van der Waals surface area contributed by atoms with Crippen molar-refractivity contribution in [1.82, 2.24) is 0 Å². The van der Waals surface area contributed by atoms with E-state index in [1.54, 1.807) is 0 Å². The molecule has 1 aromatic rings. The van der Waals surface area contributed by atoms with E-state index in [0.29, 0.717) is 0 Å². The van der Waals surface area contributed by atoms with E-state index in [-0.39, 0.29) is 0 Å². The molecule has 0 radical (unpaired) electrons. The first-order valence-corrected chi connectivity index (χ1v) is 10.7. The Balaban J connectivity index is 1.81. The second-order valence-electron chi connectivity index (χ2n) is 7.29. The smallest absolute Gasteiger partial charge is 0.129 e. The second-order valence-corrected chi connectivity index (χ2v) is 7.29. The van der Waals surface area contributed by atoms with Gasteiger partial charge in [0.1, 0.15) is 5.75 Å². The van der Waals surface area contributed by atoms with Gasteiger partial charge in [-0.25, -0.2) is 0 Å². The van der Waals surface area contributed by atoms with E-state index in [1.165, 1.54) is 89.0 Å². The lowest BCUT2D eigenvalue weighted by Crippen LogP contribution is -1.85. The van der Waals surface area contributed by atoms with Gasteiger partial charge in [-0.2, -0.15) is 0 Å². The van der Waals surface area contributed by atoms with Crippen molar-refractivity contribution in [3.8, 4) is 5.75 Å². The average Bonchev–Trinajstić information content (AvgIpc) is 2.63. The molecule has 1 heteroatoms. The van der Waals surface area contributed by atoms with E-state index in [2.05, 4.69) is 26.0 Å². The molecule has 0 heterocycles. The summed E-state index contributed by atoms with van der Waals surface area (Å²) in [5.74, 6) is 0.962. The highest BCUT2D eigenvalue weighted by atomic mass is 16.5. The molecule has 0 unspecified atom stereocenters. The summed E-state index contributed by atoms with van der Waals surface area (Å²) >= 11 is 0. The van der Waals surface area contributed by atoms with Crippen molar-refractivity contribution >= 4 is 0 Å². The van der Waals surface area contributed by atoms with Gasteiger partial charge in [-0.15, -0.1) is 0 Å². The van der Waals surface area contributed by atoms with Gasteiger partial charge in [0.15, 0.2) is 0 Å². The normalized spacial score (nSPS) is 11.3. The van der Waals surface area contributed by atoms with Crippen LogP contribution in [-0.2, 0) is 0 Å². The number of aryl methyl sites for hydroxylation is 1. The molecule has 0 aliphatic carbocycles. The summed E-state index contributed by atoms with van der Waals surface area (Å²) in [6.45, 7) is 4.37. The molecule has 142 valence electrons. The van der Waals surface area contributed by atoms with Gasteiger partial charge in [-0.05, 0) is 37.5 Å². The molecule has 0 N–H and O–H groups in total. The van der Waals surface area contributed by atoms with Crippen molar-refractivity contribution < 1.29 is 4.74 Å². The fraction of sp³-hybridized carbons (Fsp3) is 0.667. The number of hydrogen-bond acceptors (Lipinski definition) is 1. The minimum atomic E-state index is 0.962. The quantitative estimate of drug-likeness (QED) is 0.216. The Morgan fingerprint density at radius 3 is 1.80 bits per heavy atom. The van der Waals surface area contributed by atoms with Crippen LogP contribution in [0.1, 0.15) is 102 Å². The van der Waals surface area contributed by atoms with Gasteiger partial charge in [-0.3, -0.25) is 0 Å². The number of allylic oxidation sites excluding steroid dienone is 1. The number of unbranched alkanes of at least 4 members (excludes halogenated alkanes) is 13. The molecule has 0 aliphatic heterocycles. The van der Waals surface area contributed by atoms with Gasteiger partial charge in [0.05, 0.1) is 6.26 Å². The first-order valence-electron chi connectivity index (χ1n) is 10.7. The molecule has 0 atom stereocenters. The molecule has 25 heavy (non-hydrogen) atoms. The van der Waals surface area contributed by atoms with Gasteiger partial charge in [0.2, 0.25) is 0 Å². The molecule has 0 aromatic heterocycles. The highest BCUT2D eigenvalue weighted by molar-refractivity contribution is 5.32.